The number of aliphatic imine (C=N–C) groups is 1. The SMILES string of the molecule is CN(C)C(=O)CN=C(NCCc1ccccc1)N1CCN(c2ccccc2)CC1.I. The Morgan fingerprint density at radius 2 is 1.57 bits per heavy atom. The molecule has 0 atom stereocenters. The molecule has 30 heavy (non-hydrogen) atoms. The molecule has 0 aromatic heterocycles. The van der Waals surface area contributed by atoms with Crippen LogP contribution in [0.5, 0.6) is 0 Å². The molecule has 0 saturated carbocycles. The van der Waals surface area contributed by atoms with Gasteiger partial charge >= 0.3 is 0 Å². The van der Waals surface area contributed by atoms with Gasteiger partial charge in [0, 0.05) is 52.5 Å². The van der Waals surface area contributed by atoms with Crippen molar-refractivity contribution >= 4 is 41.5 Å². The average molecular weight is 521 g/mol. The van der Waals surface area contributed by atoms with Crippen LogP contribution in [-0.4, -0.2) is 75.0 Å². The van der Waals surface area contributed by atoms with E-state index in [1.807, 2.05) is 12.1 Å². The van der Waals surface area contributed by atoms with Crippen LogP contribution in [0.2, 0.25) is 0 Å². The van der Waals surface area contributed by atoms with Crippen LogP contribution in [0.15, 0.2) is 65.7 Å². The second kappa shape index (κ2) is 12.4. The number of guanidine groups is 1. The second-order valence-corrected chi connectivity index (χ2v) is 7.40. The lowest BCUT2D eigenvalue weighted by atomic mass is 10.1. The first-order valence-electron chi connectivity index (χ1n) is 10.2. The van der Waals surface area contributed by atoms with E-state index in [1.54, 1.807) is 19.0 Å². The third-order valence-electron chi connectivity index (χ3n) is 5.10. The van der Waals surface area contributed by atoms with Crippen LogP contribution in [0.4, 0.5) is 5.69 Å². The van der Waals surface area contributed by atoms with Gasteiger partial charge in [-0.25, -0.2) is 4.99 Å². The summed E-state index contributed by atoms with van der Waals surface area (Å²) in [5.74, 6) is 0.833. The maximum Gasteiger partial charge on any atom is 0.243 e. The maximum atomic E-state index is 12.0. The number of hydrogen-bond acceptors (Lipinski definition) is 3. The molecule has 1 fully saturated rings. The minimum atomic E-state index is 0. The number of hydrogen-bond donors (Lipinski definition) is 1. The molecule has 7 heteroatoms. The Hall–Kier alpha value is -2.29. The number of amides is 1. The monoisotopic (exact) mass is 521 g/mol. The first-order valence-corrected chi connectivity index (χ1v) is 10.2. The van der Waals surface area contributed by atoms with Crippen molar-refractivity contribution in [3.8, 4) is 0 Å². The number of benzene rings is 2. The highest BCUT2D eigenvalue weighted by atomic mass is 127. The van der Waals surface area contributed by atoms with Crippen molar-refractivity contribution in [2.45, 2.75) is 6.42 Å². The van der Waals surface area contributed by atoms with Crippen LogP contribution >= 0.6 is 24.0 Å². The van der Waals surface area contributed by atoms with Gasteiger partial charge in [0.05, 0.1) is 0 Å². The number of nitrogens with one attached hydrogen (secondary N) is 1. The molecule has 0 bridgehead atoms. The summed E-state index contributed by atoms with van der Waals surface area (Å²) in [7, 11) is 3.53. The van der Waals surface area contributed by atoms with E-state index in [-0.39, 0.29) is 36.4 Å². The number of likely N-dealkylation sites (N-methyl/N-ethyl adjacent to an activating group) is 1. The predicted octanol–water partition coefficient (Wildman–Crippen LogP) is 2.70. The lowest BCUT2D eigenvalue weighted by Crippen LogP contribution is -2.53. The molecule has 0 aliphatic carbocycles. The number of piperazine rings is 1. The zero-order valence-corrected chi connectivity index (χ0v) is 20.2. The molecule has 0 unspecified atom stereocenters. The molecule has 162 valence electrons. The van der Waals surface area contributed by atoms with Crippen molar-refractivity contribution in [2.24, 2.45) is 4.99 Å². The minimum Gasteiger partial charge on any atom is -0.368 e. The van der Waals surface area contributed by atoms with Crippen LogP contribution < -0.4 is 10.2 Å². The molecule has 0 radical (unpaired) electrons. The number of para-hydroxylation sites is 1. The van der Waals surface area contributed by atoms with E-state index in [2.05, 4.69) is 68.6 Å². The van der Waals surface area contributed by atoms with Crippen molar-refractivity contribution in [3.05, 3.63) is 66.2 Å². The van der Waals surface area contributed by atoms with Gasteiger partial charge in [-0.15, -0.1) is 24.0 Å². The summed E-state index contributed by atoms with van der Waals surface area (Å²) in [5.41, 5.74) is 2.54. The summed E-state index contributed by atoms with van der Waals surface area (Å²) in [4.78, 5) is 22.9. The number of halogens is 1. The van der Waals surface area contributed by atoms with E-state index in [1.165, 1.54) is 11.3 Å². The van der Waals surface area contributed by atoms with Crippen molar-refractivity contribution < 1.29 is 4.79 Å². The van der Waals surface area contributed by atoms with Crippen molar-refractivity contribution in [1.82, 2.24) is 15.1 Å². The zero-order valence-electron chi connectivity index (χ0n) is 17.8. The Balaban J connectivity index is 0.00000320. The molecule has 1 saturated heterocycles. The highest BCUT2D eigenvalue weighted by Gasteiger charge is 2.20. The molecule has 1 N–H and O–H groups in total. The Bertz CT molecular complexity index is 790. The van der Waals surface area contributed by atoms with Gasteiger partial charge in [-0.1, -0.05) is 48.5 Å². The van der Waals surface area contributed by atoms with Gasteiger partial charge in [-0.2, -0.15) is 0 Å². The van der Waals surface area contributed by atoms with E-state index >= 15 is 0 Å². The van der Waals surface area contributed by atoms with Gasteiger partial charge in [-0.3, -0.25) is 4.79 Å². The van der Waals surface area contributed by atoms with Gasteiger partial charge in [0.1, 0.15) is 6.54 Å². The standard InChI is InChI=1S/C23H31N5O.HI/c1-26(2)22(29)19-25-23(24-14-13-20-9-5-3-6-10-20)28-17-15-27(16-18-28)21-11-7-4-8-12-21;/h3-12H,13-19H2,1-2H3,(H,24,25);1H. The summed E-state index contributed by atoms with van der Waals surface area (Å²) in [5, 5.41) is 3.47. The van der Waals surface area contributed by atoms with E-state index in [9.17, 15) is 4.79 Å². The van der Waals surface area contributed by atoms with Crippen molar-refractivity contribution in [1.29, 1.82) is 0 Å². The van der Waals surface area contributed by atoms with Gasteiger partial charge in [0.2, 0.25) is 5.91 Å². The highest BCUT2D eigenvalue weighted by Crippen LogP contribution is 2.15. The minimum absolute atomic E-state index is 0. The number of rotatable bonds is 6. The molecule has 1 amide bonds. The lowest BCUT2D eigenvalue weighted by Gasteiger charge is -2.37. The summed E-state index contributed by atoms with van der Waals surface area (Å²) in [6, 6.07) is 20.9. The molecule has 1 aliphatic heterocycles. The number of carbonyl (C=O) groups is 1. The average Bonchev–Trinajstić information content (AvgIpc) is 2.77. The molecule has 3 rings (SSSR count). The predicted molar refractivity (Wildman–Crippen MR) is 135 cm³/mol. The molecule has 0 spiro atoms. The van der Waals surface area contributed by atoms with Crippen LogP contribution in [0.3, 0.4) is 0 Å². The van der Waals surface area contributed by atoms with Crippen LogP contribution in [0.1, 0.15) is 5.56 Å². The maximum absolute atomic E-state index is 12.0. The quantitative estimate of drug-likeness (QED) is 0.361. The third-order valence-corrected chi connectivity index (χ3v) is 5.10. The molecule has 2 aromatic rings. The Kier molecular flexibility index (Phi) is 9.93. The molecular formula is C23H32IN5O. The van der Waals surface area contributed by atoms with Crippen LogP contribution in [0.25, 0.3) is 0 Å². The highest BCUT2D eigenvalue weighted by molar-refractivity contribution is 14.0. The molecule has 1 aliphatic rings. The topological polar surface area (TPSA) is 51.2 Å². The van der Waals surface area contributed by atoms with E-state index in [0.29, 0.717) is 0 Å². The largest absolute Gasteiger partial charge is 0.368 e. The molecule has 2 aromatic carbocycles. The van der Waals surface area contributed by atoms with Gasteiger partial charge in [0.15, 0.2) is 5.96 Å². The zero-order chi connectivity index (χ0) is 20.5. The van der Waals surface area contributed by atoms with Gasteiger partial charge in [-0.05, 0) is 24.1 Å². The fourth-order valence-corrected chi connectivity index (χ4v) is 3.33. The van der Waals surface area contributed by atoms with Crippen LogP contribution in [0, 0.1) is 0 Å². The first kappa shape index (κ1) is 24.0. The normalized spacial score (nSPS) is 14.1. The number of carbonyl (C=O) groups excluding carboxylic acids is 1. The van der Waals surface area contributed by atoms with Crippen LogP contribution in [-0.2, 0) is 11.2 Å². The summed E-state index contributed by atoms with van der Waals surface area (Å²) in [6.45, 7) is 4.58. The lowest BCUT2D eigenvalue weighted by molar-refractivity contribution is -0.127. The summed E-state index contributed by atoms with van der Waals surface area (Å²) < 4.78 is 0. The Morgan fingerprint density at radius 3 is 2.17 bits per heavy atom. The fourth-order valence-electron chi connectivity index (χ4n) is 3.33. The smallest absolute Gasteiger partial charge is 0.243 e. The van der Waals surface area contributed by atoms with E-state index in [0.717, 1.165) is 45.1 Å². The molecule has 6 nitrogen and oxygen atoms in total. The van der Waals surface area contributed by atoms with E-state index < -0.39 is 0 Å². The van der Waals surface area contributed by atoms with E-state index in [4.69, 9.17) is 0 Å². The second-order valence-electron chi connectivity index (χ2n) is 7.40. The summed E-state index contributed by atoms with van der Waals surface area (Å²) in [6.07, 6.45) is 0.922. The summed E-state index contributed by atoms with van der Waals surface area (Å²) >= 11 is 0. The molecule has 1 heterocycles. The first-order chi connectivity index (χ1) is 14.1. The molecular weight excluding hydrogens is 489 g/mol. The van der Waals surface area contributed by atoms with Gasteiger partial charge in [0.25, 0.3) is 0 Å². The van der Waals surface area contributed by atoms with Crippen molar-refractivity contribution in [2.75, 3.05) is 58.3 Å². The third kappa shape index (κ3) is 7.19. The van der Waals surface area contributed by atoms with Crippen molar-refractivity contribution in [3.63, 3.8) is 0 Å². The van der Waals surface area contributed by atoms with Gasteiger partial charge < -0.3 is 20.0 Å². The fraction of sp³-hybridized carbons (Fsp3) is 0.391. The number of nitrogens with zero attached hydrogens (tertiary/aromatic N) is 4. The number of anilines is 1. The Labute approximate surface area is 197 Å². The Morgan fingerprint density at radius 1 is 0.967 bits per heavy atom.